The van der Waals surface area contributed by atoms with Crippen LogP contribution in [0.25, 0.3) is 0 Å². The molecule has 0 bridgehead atoms. The van der Waals surface area contributed by atoms with Crippen LogP contribution in [0.5, 0.6) is 0 Å². The molecule has 1 fully saturated rings. The number of benzene rings is 2. The lowest BCUT2D eigenvalue weighted by Gasteiger charge is -2.22. The smallest absolute Gasteiger partial charge is 0.253 e. The minimum atomic E-state index is -3.73. The van der Waals surface area contributed by atoms with Gasteiger partial charge in [0.2, 0.25) is 21.8 Å². The summed E-state index contributed by atoms with van der Waals surface area (Å²) in [5.41, 5.74) is 2.55. The summed E-state index contributed by atoms with van der Waals surface area (Å²) >= 11 is 0. The molecule has 182 valence electrons. The zero-order chi connectivity index (χ0) is 24.9. The predicted molar refractivity (Wildman–Crippen MR) is 130 cm³/mol. The van der Waals surface area contributed by atoms with E-state index in [2.05, 4.69) is 5.32 Å². The van der Waals surface area contributed by atoms with Gasteiger partial charge in [0.1, 0.15) is 6.54 Å². The van der Waals surface area contributed by atoms with Crippen LogP contribution in [-0.4, -0.2) is 69.4 Å². The first-order chi connectivity index (χ1) is 16.0. The fourth-order valence-electron chi connectivity index (χ4n) is 3.75. The first kappa shape index (κ1) is 25.2. The number of amides is 3. The third-order valence-electron chi connectivity index (χ3n) is 5.52. The summed E-state index contributed by atoms with van der Waals surface area (Å²) in [5.74, 6) is -0.510. The lowest BCUT2D eigenvalue weighted by atomic mass is 10.1. The van der Waals surface area contributed by atoms with E-state index < -0.39 is 15.9 Å². The van der Waals surface area contributed by atoms with Crippen LogP contribution in [0.1, 0.15) is 34.3 Å². The summed E-state index contributed by atoms with van der Waals surface area (Å²) in [6, 6.07) is 13.7. The number of sulfonamides is 1. The summed E-state index contributed by atoms with van der Waals surface area (Å²) in [4.78, 5) is 39.8. The van der Waals surface area contributed by atoms with Crippen molar-refractivity contribution in [3.8, 4) is 0 Å². The number of nitrogens with zero attached hydrogens (tertiary/aromatic N) is 3. The van der Waals surface area contributed by atoms with Crippen LogP contribution in [0.2, 0.25) is 0 Å². The summed E-state index contributed by atoms with van der Waals surface area (Å²) in [6.07, 6.45) is 2.49. The van der Waals surface area contributed by atoms with E-state index in [0.29, 0.717) is 24.2 Å². The number of anilines is 1. The van der Waals surface area contributed by atoms with Crippen molar-refractivity contribution < 1.29 is 22.8 Å². The lowest BCUT2D eigenvalue weighted by molar-refractivity contribution is -0.128. The Bertz CT molecular complexity index is 1160. The van der Waals surface area contributed by atoms with Gasteiger partial charge in [0.05, 0.1) is 11.9 Å². The number of hydrogen-bond donors (Lipinski definition) is 1. The Balaban J connectivity index is 1.63. The average Bonchev–Trinajstić information content (AvgIpc) is 3.19. The van der Waals surface area contributed by atoms with Gasteiger partial charge in [-0.3, -0.25) is 18.7 Å². The quantitative estimate of drug-likeness (QED) is 0.579. The highest BCUT2D eigenvalue weighted by molar-refractivity contribution is 7.92. The molecule has 0 aliphatic carbocycles. The minimum Gasteiger partial charge on any atom is -0.350 e. The van der Waals surface area contributed by atoms with Crippen LogP contribution in [-0.2, 0) is 32.7 Å². The van der Waals surface area contributed by atoms with Crippen molar-refractivity contribution in [2.75, 3.05) is 37.7 Å². The van der Waals surface area contributed by atoms with Crippen LogP contribution in [0.4, 0.5) is 5.69 Å². The van der Waals surface area contributed by atoms with E-state index in [9.17, 15) is 22.8 Å². The van der Waals surface area contributed by atoms with Gasteiger partial charge in [-0.05, 0) is 41.8 Å². The lowest BCUT2D eigenvalue weighted by Crippen LogP contribution is -2.40. The Morgan fingerprint density at radius 2 is 1.74 bits per heavy atom. The molecular formula is C24H30N4O5S. The maximum absolute atomic E-state index is 12.6. The molecule has 0 unspecified atom stereocenters. The molecule has 9 nitrogen and oxygen atoms in total. The van der Waals surface area contributed by atoms with Gasteiger partial charge in [-0.1, -0.05) is 24.3 Å². The molecule has 0 atom stereocenters. The molecule has 3 rings (SSSR count). The van der Waals surface area contributed by atoms with Gasteiger partial charge in [0.15, 0.2) is 0 Å². The van der Waals surface area contributed by atoms with Gasteiger partial charge >= 0.3 is 0 Å². The Kier molecular flexibility index (Phi) is 7.93. The Morgan fingerprint density at radius 3 is 2.32 bits per heavy atom. The Morgan fingerprint density at radius 1 is 1.06 bits per heavy atom. The van der Waals surface area contributed by atoms with Crippen LogP contribution in [0.3, 0.4) is 0 Å². The maximum Gasteiger partial charge on any atom is 0.253 e. The molecule has 10 heteroatoms. The van der Waals surface area contributed by atoms with Crippen molar-refractivity contribution in [2.24, 2.45) is 0 Å². The highest BCUT2D eigenvalue weighted by Crippen LogP contribution is 2.19. The van der Waals surface area contributed by atoms with Gasteiger partial charge in [-0.2, -0.15) is 0 Å². The first-order valence-electron chi connectivity index (χ1n) is 11.0. The van der Waals surface area contributed by atoms with Gasteiger partial charge in [0.25, 0.3) is 5.91 Å². The van der Waals surface area contributed by atoms with Gasteiger partial charge < -0.3 is 15.1 Å². The number of carbonyl (C=O) groups is 3. The van der Waals surface area contributed by atoms with Crippen molar-refractivity contribution in [3.63, 3.8) is 0 Å². The summed E-state index contributed by atoms with van der Waals surface area (Å²) in [5, 5.41) is 2.76. The summed E-state index contributed by atoms with van der Waals surface area (Å²) in [6.45, 7) is 1.14. The molecule has 1 heterocycles. The van der Waals surface area contributed by atoms with E-state index in [1.807, 2.05) is 29.2 Å². The monoisotopic (exact) mass is 486 g/mol. The molecule has 0 radical (unpaired) electrons. The molecule has 0 saturated carbocycles. The second-order valence-corrected chi connectivity index (χ2v) is 10.4. The number of carbonyl (C=O) groups excluding carboxylic acids is 3. The third-order valence-corrected chi connectivity index (χ3v) is 6.66. The molecule has 1 aliphatic rings. The van der Waals surface area contributed by atoms with Crippen LogP contribution < -0.4 is 9.62 Å². The largest absolute Gasteiger partial charge is 0.350 e. The van der Waals surface area contributed by atoms with Crippen molar-refractivity contribution >= 4 is 33.4 Å². The molecule has 0 aromatic heterocycles. The topological polar surface area (TPSA) is 107 Å². The Labute approximate surface area is 200 Å². The van der Waals surface area contributed by atoms with E-state index in [1.165, 1.54) is 29.2 Å². The molecule has 0 spiro atoms. The first-order valence-corrected chi connectivity index (χ1v) is 12.8. The highest BCUT2D eigenvalue weighted by atomic mass is 32.2. The molecular weight excluding hydrogens is 456 g/mol. The van der Waals surface area contributed by atoms with Crippen LogP contribution in [0.15, 0.2) is 48.5 Å². The summed E-state index contributed by atoms with van der Waals surface area (Å²) in [7, 11) is -0.471. The normalized spacial score (nSPS) is 13.6. The van der Waals surface area contributed by atoms with E-state index in [4.69, 9.17) is 0 Å². The second-order valence-electron chi connectivity index (χ2n) is 8.53. The maximum atomic E-state index is 12.6. The molecule has 2 aromatic carbocycles. The van der Waals surface area contributed by atoms with Crippen molar-refractivity contribution in [2.45, 2.75) is 25.9 Å². The SMILES string of the molecule is CN(C)C(=O)c1ccc(N(CC(=O)NCc2cccc(CN3CCCC3=O)c2)S(C)(=O)=O)cc1. The molecule has 1 saturated heterocycles. The summed E-state index contributed by atoms with van der Waals surface area (Å²) < 4.78 is 25.7. The van der Waals surface area contributed by atoms with E-state index >= 15 is 0 Å². The number of rotatable bonds is 9. The van der Waals surface area contributed by atoms with Gasteiger partial charge in [-0.25, -0.2) is 8.42 Å². The molecule has 3 amide bonds. The average molecular weight is 487 g/mol. The predicted octanol–water partition coefficient (Wildman–Crippen LogP) is 1.59. The zero-order valence-electron chi connectivity index (χ0n) is 19.7. The second kappa shape index (κ2) is 10.7. The van der Waals surface area contributed by atoms with Gasteiger partial charge in [0, 0.05) is 45.7 Å². The molecule has 2 aromatic rings. The van der Waals surface area contributed by atoms with Crippen LogP contribution >= 0.6 is 0 Å². The third kappa shape index (κ3) is 6.57. The fraction of sp³-hybridized carbons (Fsp3) is 0.375. The molecule has 1 aliphatic heterocycles. The highest BCUT2D eigenvalue weighted by Gasteiger charge is 2.22. The van der Waals surface area contributed by atoms with Crippen LogP contribution in [0, 0.1) is 0 Å². The Hall–Kier alpha value is -3.40. The van der Waals surface area contributed by atoms with Crippen molar-refractivity contribution in [1.29, 1.82) is 0 Å². The van der Waals surface area contributed by atoms with E-state index in [0.717, 1.165) is 34.7 Å². The molecule has 1 N–H and O–H groups in total. The number of nitrogens with one attached hydrogen (secondary N) is 1. The standard InChI is InChI=1S/C24H30N4O5S/c1-26(2)24(31)20-9-11-21(12-10-20)28(34(3,32)33)17-22(29)25-15-18-6-4-7-19(14-18)16-27-13-5-8-23(27)30/h4,6-7,9-12,14H,5,8,13,15-17H2,1-3H3,(H,25,29). The number of likely N-dealkylation sites (tertiary alicyclic amines) is 1. The van der Waals surface area contributed by atoms with Crippen molar-refractivity contribution in [3.05, 3.63) is 65.2 Å². The molecule has 34 heavy (non-hydrogen) atoms. The van der Waals surface area contributed by atoms with E-state index in [-0.39, 0.29) is 24.9 Å². The number of hydrogen-bond acceptors (Lipinski definition) is 5. The minimum absolute atomic E-state index is 0.152. The van der Waals surface area contributed by atoms with Crippen molar-refractivity contribution in [1.82, 2.24) is 15.1 Å². The zero-order valence-corrected chi connectivity index (χ0v) is 20.5. The fourth-order valence-corrected chi connectivity index (χ4v) is 4.60. The van der Waals surface area contributed by atoms with Gasteiger partial charge in [-0.15, -0.1) is 0 Å². The van der Waals surface area contributed by atoms with E-state index in [1.54, 1.807) is 14.1 Å².